The lowest BCUT2D eigenvalue weighted by molar-refractivity contribution is -0.145. The summed E-state index contributed by atoms with van der Waals surface area (Å²) in [5.41, 5.74) is 5.55. The molecule has 122 valence electrons. The van der Waals surface area contributed by atoms with Crippen molar-refractivity contribution in [3.8, 4) is 0 Å². The number of hydrogen-bond acceptors (Lipinski definition) is 3. The van der Waals surface area contributed by atoms with Crippen LogP contribution in [0.5, 0.6) is 0 Å². The van der Waals surface area contributed by atoms with E-state index in [1.54, 1.807) is 0 Å². The average molecular weight is 298 g/mol. The van der Waals surface area contributed by atoms with Crippen LogP contribution >= 0.6 is 0 Å². The molecule has 0 aromatic rings. The number of hydrogen-bond donors (Lipinski definition) is 3. The summed E-state index contributed by atoms with van der Waals surface area (Å²) in [7, 11) is 0. The van der Waals surface area contributed by atoms with E-state index in [0.29, 0.717) is 25.4 Å². The molecule has 0 aliphatic heterocycles. The van der Waals surface area contributed by atoms with Gasteiger partial charge < -0.3 is 16.2 Å². The molecule has 0 heterocycles. The first-order valence-corrected chi connectivity index (χ1v) is 8.28. The number of carboxylic acid groups (broad SMARTS) is 1. The Hall–Kier alpha value is -1.10. The fourth-order valence-corrected chi connectivity index (χ4v) is 3.23. The maximum Gasteiger partial charge on any atom is 0.306 e. The van der Waals surface area contributed by atoms with E-state index in [-0.39, 0.29) is 17.7 Å². The third-order valence-electron chi connectivity index (χ3n) is 4.72. The Morgan fingerprint density at radius 3 is 2.62 bits per heavy atom. The van der Waals surface area contributed by atoms with Crippen molar-refractivity contribution in [1.82, 2.24) is 5.32 Å². The molecule has 0 saturated heterocycles. The van der Waals surface area contributed by atoms with Crippen molar-refractivity contribution in [2.75, 3.05) is 13.1 Å². The lowest BCUT2D eigenvalue weighted by Gasteiger charge is -2.28. The molecule has 0 spiro atoms. The highest BCUT2D eigenvalue weighted by Gasteiger charge is 2.30. The van der Waals surface area contributed by atoms with Gasteiger partial charge in [-0.3, -0.25) is 9.59 Å². The first-order chi connectivity index (χ1) is 10.1. The van der Waals surface area contributed by atoms with E-state index < -0.39 is 5.97 Å². The van der Waals surface area contributed by atoms with Crippen molar-refractivity contribution >= 4 is 11.9 Å². The number of carboxylic acids is 1. The van der Waals surface area contributed by atoms with Crippen molar-refractivity contribution in [2.24, 2.45) is 23.5 Å². The van der Waals surface area contributed by atoms with Crippen molar-refractivity contribution in [3.05, 3.63) is 0 Å². The van der Waals surface area contributed by atoms with Crippen LogP contribution in [0.1, 0.15) is 58.3 Å². The van der Waals surface area contributed by atoms with Gasteiger partial charge in [0.25, 0.3) is 0 Å². The van der Waals surface area contributed by atoms with Gasteiger partial charge in [0, 0.05) is 13.0 Å². The Morgan fingerprint density at radius 1 is 1.29 bits per heavy atom. The molecular weight excluding hydrogens is 268 g/mol. The van der Waals surface area contributed by atoms with Crippen LogP contribution in [0.2, 0.25) is 0 Å². The molecule has 1 aliphatic rings. The SMILES string of the molecule is CCC(CCN)CCC(=O)NCC1CCCCC1C(=O)O. The molecule has 3 atom stereocenters. The minimum atomic E-state index is -0.719. The van der Waals surface area contributed by atoms with Gasteiger partial charge in [-0.05, 0) is 44.1 Å². The second-order valence-corrected chi connectivity index (χ2v) is 6.18. The van der Waals surface area contributed by atoms with Gasteiger partial charge >= 0.3 is 5.97 Å². The highest BCUT2D eigenvalue weighted by molar-refractivity contribution is 5.76. The molecule has 1 fully saturated rings. The number of nitrogens with one attached hydrogen (secondary N) is 1. The number of aliphatic carboxylic acids is 1. The van der Waals surface area contributed by atoms with Crippen molar-refractivity contribution in [3.63, 3.8) is 0 Å². The molecule has 0 aromatic carbocycles. The molecule has 0 aromatic heterocycles. The molecule has 1 rings (SSSR count). The zero-order chi connectivity index (χ0) is 15.7. The Bertz CT molecular complexity index is 333. The number of rotatable bonds is 9. The zero-order valence-corrected chi connectivity index (χ0v) is 13.1. The summed E-state index contributed by atoms with van der Waals surface area (Å²) >= 11 is 0. The van der Waals surface area contributed by atoms with Gasteiger partial charge in [0.15, 0.2) is 0 Å². The minimum Gasteiger partial charge on any atom is -0.481 e. The van der Waals surface area contributed by atoms with Crippen molar-refractivity contribution < 1.29 is 14.7 Å². The van der Waals surface area contributed by atoms with E-state index in [9.17, 15) is 14.7 Å². The highest BCUT2D eigenvalue weighted by atomic mass is 16.4. The standard InChI is InChI=1S/C16H30N2O3/c1-2-12(9-10-17)7-8-15(19)18-11-13-5-3-4-6-14(13)16(20)21/h12-14H,2-11,17H2,1H3,(H,18,19)(H,20,21). The molecule has 1 saturated carbocycles. The maximum absolute atomic E-state index is 11.9. The van der Waals surface area contributed by atoms with E-state index in [2.05, 4.69) is 12.2 Å². The molecule has 4 N–H and O–H groups in total. The summed E-state index contributed by atoms with van der Waals surface area (Å²) < 4.78 is 0. The molecule has 1 aliphatic carbocycles. The van der Waals surface area contributed by atoms with E-state index in [0.717, 1.165) is 44.9 Å². The van der Waals surface area contributed by atoms with Gasteiger partial charge in [-0.15, -0.1) is 0 Å². The summed E-state index contributed by atoms with van der Waals surface area (Å²) in [4.78, 5) is 23.1. The quantitative estimate of drug-likeness (QED) is 0.608. The van der Waals surface area contributed by atoms with E-state index >= 15 is 0 Å². The van der Waals surface area contributed by atoms with Crippen molar-refractivity contribution in [1.29, 1.82) is 0 Å². The molecule has 5 nitrogen and oxygen atoms in total. The van der Waals surface area contributed by atoms with Gasteiger partial charge in [0.05, 0.1) is 5.92 Å². The Kier molecular flexibility index (Phi) is 8.35. The first kappa shape index (κ1) is 18.0. The van der Waals surface area contributed by atoms with Crippen LogP contribution in [0.25, 0.3) is 0 Å². The van der Waals surface area contributed by atoms with E-state index in [1.807, 2.05) is 0 Å². The van der Waals surface area contributed by atoms with Crippen LogP contribution in [-0.2, 0) is 9.59 Å². The van der Waals surface area contributed by atoms with Crippen LogP contribution < -0.4 is 11.1 Å². The molecule has 0 bridgehead atoms. The first-order valence-electron chi connectivity index (χ1n) is 8.28. The second-order valence-electron chi connectivity index (χ2n) is 6.18. The molecular formula is C16H30N2O3. The fourth-order valence-electron chi connectivity index (χ4n) is 3.23. The Morgan fingerprint density at radius 2 is 2.00 bits per heavy atom. The third kappa shape index (κ3) is 6.46. The molecule has 5 heteroatoms. The number of nitrogens with two attached hydrogens (primary N) is 1. The van der Waals surface area contributed by atoms with Gasteiger partial charge in [-0.1, -0.05) is 26.2 Å². The third-order valence-corrected chi connectivity index (χ3v) is 4.72. The fraction of sp³-hybridized carbons (Fsp3) is 0.875. The van der Waals surface area contributed by atoms with E-state index in [4.69, 9.17) is 5.73 Å². The Labute approximate surface area is 127 Å². The van der Waals surface area contributed by atoms with Crippen LogP contribution in [-0.4, -0.2) is 30.1 Å². The smallest absolute Gasteiger partial charge is 0.306 e. The zero-order valence-electron chi connectivity index (χ0n) is 13.1. The topological polar surface area (TPSA) is 92.4 Å². The highest BCUT2D eigenvalue weighted by Crippen LogP contribution is 2.29. The predicted molar refractivity (Wildman–Crippen MR) is 82.8 cm³/mol. The number of carbonyl (C=O) groups excluding carboxylic acids is 1. The molecule has 0 radical (unpaired) electrons. The molecule has 3 unspecified atom stereocenters. The predicted octanol–water partition coefficient (Wildman–Crippen LogP) is 2.15. The summed E-state index contributed by atoms with van der Waals surface area (Å²) in [5, 5.41) is 12.1. The van der Waals surface area contributed by atoms with Crippen LogP contribution in [0.3, 0.4) is 0 Å². The van der Waals surface area contributed by atoms with Gasteiger partial charge in [-0.2, -0.15) is 0 Å². The van der Waals surface area contributed by atoms with Crippen LogP contribution in [0.4, 0.5) is 0 Å². The second kappa shape index (κ2) is 9.77. The largest absolute Gasteiger partial charge is 0.481 e. The summed E-state index contributed by atoms with van der Waals surface area (Å²) in [6.45, 7) is 3.30. The van der Waals surface area contributed by atoms with Crippen LogP contribution in [0, 0.1) is 17.8 Å². The maximum atomic E-state index is 11.9. The summed E-state index contributed by atoms with van der Waals surface area (Å²) in [5.74, 6) is -0.365. The number of carbonyl (C=O) groups is 2. The summed E-state index contributed by atoms with van der Waals surface area (Å²) in [6.07, 6.45) is 7.10. The normalized spacial score (nSPS) is 23.5. The molecule has 1 amide bonds. The summed E-state index contributed by atoms with van der Waals surface area (Å²) in [6, 6.07) is 0. The van der Waals surface area contributed by atoms with Crippen molar-refractivity contribution in [2.45, 2.75) is 58.3 Å². The molecule has 21 heavy (non-hydrogen) atoms. The van der Waals surface area contributed by atoms with Crippen LogP contribution in [0.15, 0.2) is 0 Å². The minimum absolute atomic E-state index is 0.0418. The van der Waals surface area contributed by atoms with Gasteiger partial charge in [0.2, 0.25) is 5.91 Å². The average Bonchev–Trinajstić information content (AvgIpc) is 2.49. The lowest BCUT2D eigenvalue weighted by atomic mass is 9.79. The van der Waals surface area contributed by atoms with E-state index in [1.165, 1.54) is 0 Å². The number of amides is 1. The monoisotopic (exact) mass is 298 g/mol. The van der Waals surface area contributed by atoms with Gasteiger partial charge in [-0.25, -0.2) is 0 Å². The lowest BCUT2D eigenvalue weighted by Crippen LogP contribution is -2.37. The van der Waals surface area contributed by atoms with Gasteiger partial charge in [0.1, 0.15) is 0 Å². The Balaban J connectivity index is 2.29.